The summed E-state index contributed by atoms with van der Waals surface area (Å²) in [5, 5.41) is 0. The van der Waals surface area contributed by atoms with Gasteiger partial charge in [-0.05, 0) is 45.4 Å². The van der Waals surface area contributed by atoms with Crippen molar-refractivity contribution in [3.8, 4) is 5.75 Å². The summed E-state index contributed by atoms with van der Waals surface area (Å²) in [4.78, 5) is 12.9. The Labute approximate surface area is 162 Å². The van der Waals surface area contributed by atoms with Crippen LogP contribution in [0.5, 0.6) is 5.75 Å². The molecule has 0 aliphatic carbocycles. The lowest BCUT2D eigenvalue weighted by molar-refractivity contribution is 0.00578. The summed E-state index contributed by atoms with van der Waals surface area (Å²) in [7, 11) is 1.13. The second-order valence-corrected chi connectivity index (χ2v) is 8.00. The molecule has 0 N–H and O–H groups in total. The molecule has 2 aromatic carbocycles. The first-order chi connectivity index (χ1) is 12.7. The molecule has 1 aliphatic heterocycles. The Morgan fingerprint density at radius 1 is 1.00 bits per heavy atom. The molecular weight excluding hydrogens is 339 g/mol. The summed E-state index contributed by atoms with van der Waals surface area (Å²) in [6, 6.07) is 17.1. The highest BCUT2D eigenvalue weighted by Crippen LogP contribution is 2.42. The van der Waals surface area contributed by atoms with Crippen LogP contribution in [0.25, 0.3) is 0 Å². The summed E-state index contributed by atoms with van der Waals surface area (Å²) in [5.41, 5.74) is 0.758. The topological polar surface area (TPSA) is 44.8 Å². The zero-order valence-corrected chi connectivity index (χ0v) is 16.7. The first kappa shape index (κ1) is 19.7. The molecule has 4 nitrogen and oxygen atoms in total. The predicted molar refractivity (Wildman–Crippen MR) is 107 cm³/mol. The van der Waals surface area contributed by atoms with Gasteiger partial charge in [-0.1, -0.05) is 42.5 Å². The number of rotatable bonds is 6. The van der Waals surface area contributed by atoms with E-state index in [9.17, 15) is 4.79 Å². The summed E-state index contributed by atoms with van der Waals surface area (Å²) in [6.07, 6.45) is 0.300. The van der Waals surface area contributed by atoms with E-state index in [0.29, 0.717) is 12.0 Å². The van der Waals surface area contributed by atoms with Crippen molar-refractivity contribution in [1.82, 2.24) is 0 Å². The average molecular weight is 366 g/mol. The van der Waals surface area contributed by atoms with Crippen LogP contribution in [0.3, 0.4) is 0 Å². The highest BCUT2D eigenvalue weighted by Gasteiger charge is 2.54. The van der Waals surface area contributed by atoms with Crippen molar-refractivity contribution in [1.29, 1.82) is 0 Å². The molecule has 1 saturated heterocycles. The molecule has 0 bridgehead atoms. The summed E-state index contributed by atoms with van der Waals surface area (Å²) in [5.74, 6) is 0.591. The van der Waals surface area contributed by atoms with Crippen LogP contribution in [0.4, 0.5) is 0 Å². The number of carbonyl (C=O) groups is 1. The SMILES string of the molecule is COc1cccc(C(CC(=O)c2ccccc2)B2OC(C)(C)C(C)(C)O2)c1. The fraction of sp³-hybridized carbons (Fsp3) is 0.409. The minimum atomic E-state index is -0.505. The van der Waals surface area contributed by atoms with Crippen molar-refractivity contribution in [2.75, 3.05) is 7.11 Å². The molecule has 3 rings (SSSR count). The Hall–Kier alpha value is -2.11. The Bertz CT molecular complexity index is 785. The van der Waals surface area contributed by atoms with Gasteiger partial charge in [0.25, 0.3) is 0 Å². The average Bonchev–Trinajstić information content (AvgIpc) is 2.87. The van der Waals surface area contributed by atoms with E-state index >= 15 is 0 Å². The van der Waals surface area contributed by atoms with Crippen molar-refractivity contribution in [3.05, 3.63) is 65.7 Å². The van der Waals surface area contributed by atoms with Crippen molar-refractivity contribution in [2.45, 2.75) is 51.1 Å². The van der Waals surface area contributed by atoms with Crippen molar-refractivity contribution in [3.63, 3.8) is 0 Å². The zero-order chi connectivity index (χ0) is 19.7. The summed E-state index contributed by atoms with van der Waals surface area (Å²) in [6.45, 7) is 8.09. The maximum Gasteiger partial charge on any atom is 0.466 e. The quantitative estimate of drug-likeness (QED) is 0.550. The van der Waals surface area contributed by atoms with E-state index in [1.807, 2.05) is 82.3 Å². The lowest BCUT2D eigenvalue weighted by Crippen LogP contribution is -2.41. The number of carbonyl (C=O) groups excluding carboxylic acids is 1. The third-order valence-corrected chi connectivity index (χ3v) is 5.62. The maximum absolute atomic E-state index is 12.9. The molecule has 0 aromatic heterocycles. The van der Waals surface area contributed by atoms with Gasteiger partial charge in [0.2, 0.25) is 0 Å². The van der Waals surface area contributed by atoms with Gasteiger partial charge in [0.15, 0.2) is 5.78 Å². The molecule has 1 aliphatic rings. The van der Waals surface area contributed by atoms with Crippen LogP contribution in [0.1, 0.15) is 55.9 Å². The largest absolute Gasteiger partial charge is 0.497 e. The lowest BCUT2D eigenvalue weighted by atomic mass is 9.65. The molecule has 0 spiro atoms. The Morgan fingerprint density at radius 3 is 2.22 bits per heavy atom. The molecular formula is C22H27BO4. The molecule has 142 valence electrons. The normalized spacial score (nSPS) is 18.9. The Morgan fingerprint density at radius 2 is 1.63 bits per heavy atom. The summed E-state index contributed by atoms with van der Waals surface area (Å²) < 4.78 is 17.9. The van der Waals surface area contributed by atoms with Crippen molar-refractivity contribution >= 4 is 12.9 Å². The molecule has 0 amide bonds. The Balaban J connectivity index is 1.93. The highest BCUT2D eigenvalue weighted by atomic mass is 16.7. The van der Waals surface area contributed by atoms with Gasteiger partial charge in [0.05, 0.1) is 18.3 Å². The molecule has 1 heterocycles. The molecule has 27 heavy (non-hydrogen) atoms. The van der Waals surface area contributed by atoms with E-state index in [-0.39, 0.29) is 11.6 Å². The Kier molecular flexibility index (Phi) is 5.45. The van der Waals surface area contributed by atoms with Gasteiger partial charge in [-0.2, -0.15) is 0 Å². The molecule has 0 radical (unpaired) electrons. The number of ketones is 1. The van der Waals surface area contributed by atoms with Gasteiger partial charge in [-0.15, -0.1) is 0 Å². The number of Topliss-reactive ketones (excluding diaryl/α,β-unsaturated/α-hetero) is 1. The van der Waals surface area contributed by atoms with E-state index in [1.54, 1.807) is 7.11 Å². The fourth-order valence-electron chi connectivity index (χ4n) is 3.24. The van der Waals surface area contributed by atoms with E-state index in [2.05, 4.69) is 0 Å². The smallest absolute Gasteiger partial charge is 0.466 e. The van der Waals surface area contributed by atoms with Gasteiger partial charge in [0, 0.05) is 17.8 Å². The van der Waals surface area contributed by atoms with Crippen LogP contribution in [0.15, 0.2) is 54.6 Å². The van der Waals surface area contributed by atoms with Crippen LogP contribution in [-0.4, -0.2) is 31.2 Å². The molecule has 1 atom stereocenters. The predicted octanol–water partition coefficient (Wildman–Crippen LogP) is 4.68. The number of hydrogen-bond acceptors (Lipinski definition) is 4. The van der Waals surface area contributed by atoms with Crippen molar-refractivity contribution in [2.24, 2.45) is 0 Å². The van der Waals surface area contributed by atoms with E-state index in [1.165, 1.54) is 0 Å². The molecule has 1 unspecified atom stereocenters. The lowest BCUT2D eigenvalue weighted by Gasteiger charge is -2.32. The first-order valence-corrected chi connectivity index (χ1v) is 9.31. The minimum Gasteiger partial charge on any atom is -0.497 e. The first-order valence-electron chi connectivity index (χ1n) is 9.31. The van der Waals surface area contributed by atoms with E-state index in [0.717, 1.165) is 11.3 Å². The summed E-state index contributed by atoms with van der Waals surface area (Å²) >= 11 is 0. The van der Waals surface area contributed by atoms with Crippen LogP contribution in [-0.2, 0) is 9.31 Å². The molecule has 1 fully saturated rings. The second kappa shape index (κ2) is 7.49. The van der Waals surface area contributed by atoms with Gasteiger partial charge < -0.3 is 14.0 Å². The van der Waals surface area contributed by atoms with Crippen LogP contribution in [0.2, 0.25) is 0 Å². The molecule has 0 saturated carbocycles. The van der Waals surface area contributed by atoms with Gasteiger partial charge in [0.1, 0.15) is 5.75 Å². The minimum absolute atomic E-state index is 0.0677. The van der Waals surface area contributed by atoms with Crippen LogP contribution in [0, 0.1) is 0 Å². The van der Waals surface area contributed by atoms with Crippen LogP contribution < -0.4 is 4.74 Å². The zero-order valence-electron chi connectivity index (χ0n) is 16.7. The number of ether oxygens (including phenoxy) is 1. The highest BCUT2D eigenvalue weighted by molar-refractivity contribution is 6.48. The van der Waals surface area contributed by atoms with Crippen LogP contribution >= 0.6 is 0 Å². The van der Waals surface area contributed by atoms with Gasteiger partial charge >= 0.3 is 7.12 Å². The monoisotopic (exact) mass is 366 g/mol. The van der Waals surface area contributed by atoms with Crippen molar-refractivity contribution < 1.29 is 18.8 Å². The second-order valence-electron chi connectivity index (χ2n) is 8.00. The van der Waals surface area contributed by atoms with E-state index in [4.69, 9.17) is 14.0 Å². The van der Waals surface area contributed by atoms with E-state index < -0.39 is 18.3 Å². The molecule has 2 aromatic rings. The maximum atomic E-state index is 12.9. The third kappa shape index (κ3) is 4.09. The number of hydrogen-bond donors (Lipinski definition) is 0. The van der Waals surface area contributed by atoms with Gasteiger partial charge in [-0.3, -0.25) is 4.79 Å². The molecule has 5 heteroatoms. The third-order valence-electron chi connectivity index (χ3n) is 5.62. The fourth-order valence-corrected chi connectivity index (χ4v) is 3.24. The number of benzene rings is 2. The number of methoxy groups -OCH3 is 1. The van der Waals surface area contributed by atoms with Gasteiger partial charge in [-0.25, -0.2) is 0 Å². The standard InChI is InChI=1S/C22H27BO4/c1-21(2)22(3,4)27-23(26-21)19(17-12-9-13-18(14-17)25-5)15-20(24)16-10-7-6-8-11-16/h6-14,19H,15H2,1-5H3.